The van der Waals surface area contributed by atoms with E-state index in [1.165, 1.54) is 12.8 Å². The van der Waals surface area contributed by atoms with Gasteiger partial charge in [-0.2, -0.15) is 10.5 Å². The fourth-order valence-corrected chi connectivity index (χ4v) is 0. The summed E-state index contributed by atoms with van der Waals surface area (Å²) < 4.78 is 0. The summed E-state index contributed by atoms with van der Waals surface area (Å²) in [7, 11) is 0. The average Bonchev–Trinajstić information content (AvgIpc) is 2.39. The molecule has 0 aromatic rings. The second-order valence-corrected chi connectivity index (χ2v) is 5.75. The van der Waals surface area contributed by atoms with Crippen LogP contribution in [0.25, 0.3) is 0 Å². The van der Waals surface area contributed by atoms with Crippen molar-refractivity contribution >= 4 is 49.2 Å². The van der Waals surface area contributed by atoms with E-state index in [1.807, 2.05) is 13.8 Å². The minimum atomic E-state index is 0. The van der Waals surface area contributed by atoms with Gasteiger partial charge in [0.1, 0.15) is 0 Å². The van der Waals surface area contributed by atoms with Crippen LogP contribution in [0.4, 0.5) is 0 Å². The Morgan fingerprint density at radius 1 is 0.737 bits per heavy atom. The van der Waals surface area contributed by atoms with Crippen LogP contribution >= 0.6 is 0 Å². The van der Waals surface area contributed by atoms with Crippen LogP contribution in [-0.4, -0.2) is 34.4 Å². The molecule has 0 N–H and O–H groups in total. The van der Waals surface area contributed by atoms with Gasteiger partial charge in [0, 0.05) is 0 Å². The van der Waals surface area contributed by atoms with Gasteiger partial charge in [-0.3, -0.25) is 0 Å². The Balaban J connectivity index is -0.0000000453. The predicted molar refractivity (Wildman–Crippen MR) is 101 cm³/mol. The van der Waals surface area contributed by atoms with E-state index in [0.717, 1.165) is 25.7 Å². The van der Waals surface area contributed by atoms with Crippen molar-refractivity contribution in [2.45, 2.75) is 90.6 Å². The Bertz CT molecular complexity index is 80.7. The van der Waals surface area contributed by atoms with Gasteiger partial charge in [-0.15, -0.1) is 0 Å². The third-order valence-electron chi connectivity index (χ3n) is 1.86. The third-order valence-corrected chi connectivity index (χ3v) is 2.52. The zero-order valence-corrected chi connectivity index (χ0v) is 18.6. The Hall–Kier alpha value is 1.50. The van der Waals surface area contributed by atoms with Crippen molar-refractivity contribution in [2.24, 2.45) is 0 Å². The zero-order valence-electron chi connectivity index (χ0n) is 14.1. The van der Waals surface area contributed by atoms with Gasteiger partial charge in [0.25, 0.3) is 0 Å². The van der Waals surface area contributed by atoms with Crippen LogP contribution < -0.4 is 0 Å². The van der Waals surface area contributed by atoms with Gasteiger partial charge >= 0.3 is 23.9 Å². The molecule has 0 saturated carbocycles. The molecule has 2 atom stereocenters. The summed E-state index contributed by atoms with van der Waals surface area (Å²) >= 11 is 9.56. The molecule has 0 bridgehead atoms. The second-order valence-electron chi connectivity index (χ2n) is 4.14. The molecule has 0 saturated heterocycles. The molecule has 116 valence electrons. The Morgan fingerprint density at radius 2 is 0.842 bits per heavy atom. The molecular weight excluding hydrogens is 375 g/mol. The van der Waals surface area contributed by atoms with E-state index in [4.69, 9.17) is 25.3 Å². The van der Waals surface area contributed by atoms with Crippen LogP contribution in [0.5, 0.6) is 0 Å². The van der Waals surface area contributed by atoms with Crippen LogP contribution in [0.15, 0.2) is 0 Å². The predicted octanol–water partition coefficient (Wildman–Crippen LogP) is 5.52. The SMILES string of the molecule is CCC(C)[S-].CCC(C)[S-].[CH2]CCC.[CH2]CCC.[Sn+2]. The fourth-order valence-electron chi connectivity index (χ4n) is 0. The van der Waals surface area contributed by atoms with Gasteiger partial charge in [0.05, 0.1) is 0 Å². The number of hydrogen-bond acceptors (Lipinski definition) is 2. The molecule has 0 aliphatic heterocycles. The maximum Gasteiger partial charge on any atom is 2.00 e. The van der Waals surface area contributed by atoms with Crippen molar-refractivity contribution in [1.82, 2.24) is 0 Å². The minimum Gasteiger partial charge on any atom is -0.789 e. The summed E-state index contributed by atoms with van der Waals surface area (Å²) in [6.07, 6.45) is 6.80. The van der Waals surface area contributed by atoms with Gasteiger partial charge < -0.3 is 25.3 Å². The van der Waals surface area contributed by atoms with Crippen LogP contribution in [0, 0.1) is 13.8 Å². The molecular formula is C16H36S2Sn. The molecule has 3 heteroatoms. The van der Waals surface area contributed by atoms with Crippen molar-refractivity contribution in [2.75, 3.05) is 0 Å². The molecule has 0 heterocycles. The largest absolute Gasteiger partial charge is 2.00 e. The van der Waals surface area contributed by atoms with E-state index < -0.39 is 0 Å². The Labute approximate surface area is 153 Å². The first kappa shape index (κ1) is 32.4. The Kier molecular flexibility index (Phi) is 62.5. The van der Waals surface area contributed by atoms with Crippen LogP contribution in [-0.2, 0) is 25.3 Å². The smallest absolute Gasteiger partial charge is 0.789 e. The Morgan fingerprint density at radius 3 is 0.842 bits per heavy atom. The maximum absolute atomic E-state index is 4.78. The minimum absolute atomic E-state index is 0. The molecule has 2 unspecified atom stereocenters. The maximum atomic E-state index is 4.78. The third kappa shape index (κ3) is 106. The van der Waals surface area contributed by atoms with Crippen LogP contribution in [0.1, 0.15) is 80.1 Å². The van der Waals surface area contributed by atoms with Crippen molar-refractivity contribution in [3.63, 3.8) is 0 Å². The molecule has 0 fully saturated rings. The second kappa shape index (κ2) is 36.6. The summed E-state index contributed by atoms with van der Waals surface area (Å²) in [5.41, 5.74) is 0. The van der Waals surface area contributed by atoms with Gasteiger partial charge in [-0.05, 0) is 0 Å². The van der Waals surface area contributed by atoms with E-state index in [1.54, 1.807) is 0 Å². The number of unbranched alkanes of at least 4 members (excludes halogenated alkanes) is 2. The number of hydrogen-bond donors (Lipinski definition) is 0. The molecule has 0 rings (SSSR count). The molecule has 0 aliphatic rings. The summed E-state index contributed by atoms with van der Waals surface area (Å²) in [5.74, 6) is 0. The summed E-state index contributed by atoms with van der Waals surface area (Å²) in [4.78, 5) is 0. The van der Waals surface area contributed by atoms with Crippen LogP contribution in [0.3, 0.4) is 0 Å². The van der Waals surface area contributed by atoms with Crippen LogP contribution in [0.2, 0.25) is 0 Å². The standard InChI is InChI=1S/2C4H10S.2C4H9.Sn/c2*1-3-4(2)5;2*1-3-4-2;/h2*4-5H,3H2,1-2H3;2*1,3-4H2,2H3;/q;;;;+2/p-2. The molecule has 0 aromatic carbocycles. The van der Waals surface area contributed by atoms with Gasteiger partial charge in [-0.25, -0.2) is 0 Å². The summed E-state index contributed by atoms with van der Waals surface area (Å²) in [5, 5.41) is 0.935. The van der Waals surface area contributed by atoms with E-state index >= 15 is 0 Å². The van der Waals surface area contributed by atoms with E-state index in [0.29, 0.717) is 10.5 Å². The number of rotatable bonds is 4. The van der Waals surface area contributed by atoms with Crippen molar-refractivity contribution in [3.05, 3.63) is 13.8 Å². The molecule has 0 aliphatic carbocycles. The van der Waals surface area contributed by atoms with Crippen molar-refractivity contribution in [1.29, 1.82) is 0 Å². The fraction of sp³-hybridized carbons (Fsp3) is 0.875. The average molecular weight is 411 g/mol. The first-order valence-corrected chi connectivity index (χ1v) is 8.21. The van der Waals surface area contributed by atoms with Crippen molar-refractivity contribution < 1.29 is 0 Å². The van der Waals surface area contributed by atoms with Gasteiger partial charge in [0.15, 0.2) is 0 Å². The van der Waals surface area contributed by atoms with E-state index in [2.05, 4.69) is 41.5 Å². The summed E-state index contributed by atoms with van der Waals surface area (Å²) in [6.45, 7) is 19.7. The first-order chi connectivity index (χ1) is 8.37. The van der Waals surface area contributed by atoms with E-state index in [-0.39, 0.29) is 23.9 Å². The zero-order chi connectivity index (χ0) is 15.4. The van der Waals surface area contributed by atoms with Gasteiger partial charge in [0.2, 0.25) is 0 Å². The van der Waals surface area contributed by atoms with Gasteiger partial charge in [-0.1, -0.05) is 93.9 Å². The quantitative estimate of drug-likeness (QED) is 0.441. The summed E-state index contributed by atoms with van der Waals surface area (Å²) in [6, 6.07) is 0. The first-order valence-electron chi connectivity index (χ1n) is 7.27. The molecule has 0 amide bonds. The monoisotopic (exact) mass is 412 g/mol. The molecule has 0 spiro atoms. The molecule has 4 radical (unpaired) electrons. The molecule has 19 heavy (non-hydrogen) atoms. The van der Waals surface area contributed by atoms with E-state index in [9.17, 15) is 0 Å². The topological polar surface area (TPSA) is 0 Å². The van der Waals surface area contributed by atoms with Crippen molar-refractivity contribution in [3.8, 4) is 0 Å². The molecule has 0 nitrogen and oxygen atoms in total. The molecule has 0 aromatic heterocycles. The normalized spacial score (nSPS) is 11.1.